The minimum absolute atomic E-state index is 0.902. The van der Waals surface area contributed by atoms with Crippen molar-refractivity contribution in [1.29, 1.82) is 0 Å². The highest BCUT2D eigenvalue weighted by Crippen LogP contribution is 2.42. The molecule has 0 saturated carbocycles. The number of anilines is 3. The van der Waals surface area contributed by atoms with Gasteiger partial charge in [0.15, 0.2) is 0 Å². The summed E-state index contributed by atoms with van der Waals surface area (Å²) in [7, 11) is 0. The summed E-state index contributed by atoms with van der Waals surface area (Å²) in [6.07, 6.45) is 0. The molecule has 0 N–H and O–H groups in total. The van der Waals surface area contributed by atoms with E-state index in [1.165, 1.54) is 49.6 Å². The molecule has 2 heterocycles. The third-order valence-electron chi connectivity index (χ3n) is 12.5. The second-order valence-corrected chi connectivity index (χ2v) is 16.1. The highest BCUT2D eigenvalue weighted by Gasteiger charge is 2.19. The molecule has 0 spiro atoms. The lowest BCUT2D eigenvalue weighted by atomic mass is 9.94. The van der Waals surface area contributed by atoms with Crippen molar-refractivity contribution in [2.24, 2.45) is 0 Å². The maximum Gasteiger partial charge on any atom is 0.143 e. The third kappa shape index (κ3) is 6.29. The van der Waals surface area contributed by atoms with Crippen LogP contribution in [0.5, 0.6) is 0 Å². The molecule has 0 saturated heterocycles. The minimum atomic E-state index is 0.902. The van der Waals surface area contributed by atoms with Crippen molar-refractivity contribution >= 4 is 60.8 Å². The summed E-state index contributed by atoms with van der Waals surface area (Å²) in [4.78, 5) is 2.35. The van der Waals surface area contributed by atoms with Crippen molar-refractivity contribution in [1.82, 2.24) is 4.57 Å². The summed E-state index contributed by atoms with van der Waals surface area (Å²) < 4.78 is 8.86. The zero-order valence-corrected chi connectivity index (χ0v) is 34.4. The van der Waals surface area contributed by atoms with Crippen LogP contribution in [0.1, 0.15) is 0 Å². The molecule has 0 aliphatic carbocycles. The molecule has 12 aromatic rings. The van der Waals surface area contributed by atoms with Crippen LogP contribution in [0.2, 0.25) is 0 Å². The van der Waals surface area contributed by atoms with Crippen molar-refractivity contribution < 1.29 is 4.42 Å². The Morgan fingerprint density at radius 2 is 0.698 bits per heavy atom. The normalized spacial score (nSPS) is 11.5. The van der Waals surface area contributed by atoms with Crippen LogP contribution in [-0.4, -0.2) is 4.57 Å². The quantitative estimate of drug-likeness (QED) is 0.153. The Morgan fingerprint density at radius 1 is 0.286 bits per heavy atom. The fourth-order valence-electron chi connectivity index (χ4n) is 9.49. The lowest BCUT2D eigenvalue weighted by molar-refractivity contribution is 0.670. The summed E-state index contributed by atoms with van der Waals surface area (Å²) in [5, 5.41) is 4.77. The van der Waals surface area contributed by atoms with Gasteiger partial charge in [0, 0.05) is 49.7 Å². The van der Waals surface area contributed by atoms with Gasteiger partial charge in [-0.2, -0.15) is 0 Å². The minimum Gasteiger partial charge on any atom is -0.455 e. The van der Waals surface area contributed by atoms with Gasteiger partial charge in [-0.05, 0) is 94.0 Å². The first kappa shape index (κ1) is 36.5. The van der Waals surface area contributed by atoms with Gasteiger partial charge in [-0.1, -0.05) is 182 Å². The highest BCUT2D eigenvalue weighted by molar-refractivity contribution is 6.10. The van der Waals surface area contributed by atoms with Gasteiger partial charge in [0.25, 0.3) is 0 Å². The number of hydrogen-bond acceptors (Lipinski definition) is 2. The number of benzene rings is 10. The summed E-state index contributed by atoms with van der Waals surface area (Å²) in [5.41, 5.74) is 17.9. The van der Waals surface area contributed by atoms with E-state index in [1.807, 2.05) is 12.1 Å². The molecule has 0 radical (unpaired) electrons. The van der Waals surface area contributed by atoms with Crippen molar-refractivity contribution in [2.75, 3.05) is 4.90 Å². The Bertz CT molecular complexity index is 3550. The number of aromatic nitrogens is 1. The summed E-state index contributed by atoms with van der Waals surface area (Å²) in [5.74, 6) is 0. The monoisotopic (exact) mass is 804 g/mol. The topological polar surface area (TPSA) is 21.3 Å². The van der Waals surface area contributed by atoms with Crippen molar-refractivity contribution in [3.8, 4) is 50.2 Å². The van der Waals surface area contributed by atoms with Crippen LogP contribution >= 0.6 is 0 Å². The molecule has 3 nitrogen and oxygen atoms in total. The molecule has 0 unspecified atom stereocenters. The Hall–Kier alpha value is -8.40. The predicted octanol–water partition coefficient (Wildman–Crippen LogP) is 16.8. The van der Waals surface area contributed by atoms with E-state index in [-0.39, 0.29) is 0 Å². The molecule has 12 rings (SSSR count). The van der Waals surface area contributed by atoms with Crippen LogP contribution < -0.4 is 4.90 Å². The zero-order chi connectivity index (χ0) is 41.7. The van der Waals surface area contributed by atoms with Gasteiger partial charge in [0.05, 0.1) is 16.7 Å². The maximum atomic E-state index is 6.45. The zero-order valence-electron chi connectivity index (χ0n) is 34.4. The standard InChI is InChI=1S/C60H40N2O/c1-2-15-41(16-3-1)48-17-4-5-18-49(48)42-29-35-45(36-30-42)61(47-39-33-44(34-40-47)51-23-14-24-55-54-22-9-13-28-59(54)63-60(51)55)46-37-31-43(32-38-46)50-19-6-10-25-56(50)62-57-26-11-7-20-52(57)53-21-8-12-27-58(53)62/h1-40H. The predicted molar refractivity (Wildman–Crippen MR) is 264 cm³/mol. The number of furan rings is 1. The highest BCUT2D eigenvalue weighted by atomic mass is 16.3. The maximum absolute atomic E-state index is 6.45. The van der Waals surface area contributed by atoms with E-state index in [9.17, 15) is 0 Å². The fraction of sp³-hybridized carbons (Fsp3) is 0. The summed E-state index contributed by atoms with van der Waals surface area (Å²) in [6, 6.07) is 87.0. The number of rotatable bonds is 8. The van der Waals surface area contributed by atoms with Crippen LogP contribution in [0.15, 0.2) is 247 Å². The van der Waals surface area contributed by atoms with Crippen molar-refractivity contribution in [3.05, 3.63) is 243 Å². The SMILES string of the molecule is c1ccc(-c2ccccc2-c2ccc(N(c3ccc(-c4ccccc4-n4c5ccccc5c5ccccc54)cc3)c3ccc(-c4cccc5c4oc4ccccc45)cc3)cc2)cc1. The Balaban J connectivity index is 0.956. The van der Waals surface area contributed by atoms with Crippen LogP contribution in [0, 0.1) is 0 Å². The fourth-order valence-corrected chi connectivity index (χ4v) is 9.49. The molecular formula is C60H40N2O. The molecule has 0 bridgehead atoms. The third-order valence-corrected chi connectivity index (χ3v) is 12.5. The Kier molecular flexibility index (Phi) is 8.83. The van der Waals surface area contributed by atoms with Crippen LogP contribution in [0.25, 0.3) is 93.9 Å². The van der Waals surface area contributed by atoms with Gasteiger partial charge in [-0.15, -0.1) is 0 Å². The second-order valence-electron chi connectivity index (χ2n) is 16.1. The Morgan fingerprint density at radius 3 is 1.30 bits per heavy atom. The molecule has 0 atom stereocenters. The molecule has 0 aliphatic heterocycles. The van der Waals surface area contributed by atoms with E-state index in [0.29, 0.717) is 0 Å². The van der Waals surface area contributed by atoms with E-state index in [4.69, 9.17) is 4.42 Å². The molecule has 10 aromatic carbocycles. The molecule has 2 aromatic heterocycles. The van der Waals surface area contributed by atoms with E-state index in [0.717, 1.165) is 61.4 Å². The van der Waals surface area contributed by atoms with Crippen molar-refractivity contribution in [2.45, 2.75) is 0 Å². The van der Waals surface area contributed by atoms with Gasteiger partial charge >= 0.3 is 0 Å². The van der Waals surface area contributed by atoms with Gasteiger partial charge in [-0.3, -0.25) is 0 Å². The van der Waals surface area contributed by atoms with E-state index < -0.39 is 0 Å². The Labute approximate surface area is 366 Å². The van der Waals surface area contributed by atoms with Gasteiger partial charge in [0.1, 0.15) is 11.2 Å². The van der Waals surface area contributed by atoms with Crippen molar-refractivity contribution in [3.63, 3.8) is 0 Å². The lowest BCUT2D eigenvalue weighted by Gasteiger charge is -2.26. The van der Waals surface area contributed by atoms with Gasteiger partial charge in [-0.25, -0.2) is 0 Å². The molecule has 0 aliphatic rings. The van der Waals surface area contributed by atoms with Crippen LogP contribution in [0.4, 0.5) is 17.1 Å². The first-order chi connectivity index (χ1) is 31.3. The average molecular weight is 805 g/mol. The van der Waals surface area contributed by atoms with Gasteiger partial charge in [0.2, 0.25) is 0 Å². The first-order valence-electron chi connectivity index (χ1n) is 21.5. The summed E-state index contributed by atoms with van der Waals surface area (Å²) >= 11 is 0. The van der Waals surface area contributed by atoms with Crippen LogP contribution in [-0.2, 0) is 0 Å². The number of fused-ring (bicyclic) bond motifs is 6. The summed E-state index contributed by atoms with van der Waals surface area (Å²) in [6.45, 7) is 0. The van der Waals surface area contributed by atoms with E-state index >= 15 is 0 Å². The average Bonchev–Trinajstić information content (AvgIpc) is 3.91. The second kappa shape index (κ2) is 15.3. The molecule has 3 heteroatoms. The molecular weight excluding hydrogens is 765 g/mol. The van der Waals surface area contributed by atoms with E-state index in [2.05, 4.69) is 240 Å². The largest absolute Gasteiger partial charge is 0.455 e. The molecule has 0 amide bonds. The molecule has 296 valence electrons. The van der Waals surface area contributed by atoms with Crippen LogP contribution in [0.3, 0.4) is 0 Å². The lowest BCUT2D eigenvalue weighted by Crippen LogP contribution is -2.10. The number of para-hydroxylation sites is 5. The molecule has 0 fully saturated rings. The van der Waals surface area contributed by atoms with E-state index in [1.54, 1.807) is 0 Å². The molecule has 63 heavy (non-hydrogen) atoms. The van der Waals surface area contributed by atoms with Gasteiger partial charge < -0.3 is 13.9 Å². The number of hydrogen-bond donors (Lipinski definition) is 0. The first-order valence-corrected chi connectivity index (χ1v) is 21.5. The number of nitrogens with zero attached hydrogens (tertiary/aromatic N) is 2. The smallest absolute Gasteiger partial charge is 0.143 e.